The van der Waals surface area contributed by atoms with E-state index in [9.17, 15) is 0 Å². The molecule has 1 aromatic heterocycles. The maximum absolute atomic E-state index is 5.90. The summed E-state index contributed by atoms with van der Waals surface area (Å²) in [6.07, 6.45) is 3.94. The Morgan fingerprint density at radius 1 is 1.54 bits per heavy atom. The second-order valence-corrected chi connectivity index (χ2v) is 4.47. The predicted octanol–water partition coefficient (Wildman–Crippen LogP) is 1.66. The van der Waals surface area contributed by atoms with Gasteiger partial charge in [-0.2, -0.15) is 0 Å². The Morgan fingerprint density at radius 3 is 2.92 bits per heavy atom. The molecule has 0 atom stereocenters. The van der Waals surface area contributed by atoms with E-state index < -0.39 is 0 Å². The molecule has 2 heterocycles. The highest BCUT2D eigenvalue weighted by Gasteiger charge is 2.28. The van der Waals surface area contributed by atoms with Gasteiger partial charge in [0.1, 0.15) is 5.60 Å². The van der Waals surface area contributed by atoms with Crippen LogP contribution in [0.25, 0.3) is 0 Å². The highest BCUT2D eigenvalue weighted by Crippen LogP contribution is 2.27. The van der Waals surface area contributed by atoms with Gasteiger partial charge >= 0.3 is 0 Å². The van der Waals surface area contributed by atoms with Gasteiger partial charge in [-0.3, -0.25) is 0 Å². The molecule has 1 aliphatic rings. The van der Waals surface area contributed by atoms with Gasteiger partial charge in [0.05, 0.1) is 11.7 Å². The number of nitrogens with one attached hydrogen (secondary N) is 1. The highest BCUT2D eigenvalue weighted by atomic mass is 32.1. The fraction of sp³-hybridized carbons (Fsp3) is 0.667. The Hall–Kier alpha value is -0.610. The Bertz CT molecular complexity index is 255. The van der Waals surface area contributed by atoms with Crippen LogP contribution in [0.15, 0.2) is 11.7 Å². The van der Waals surface area contributed by atoms with E-state index in [2.05, 4.69) is 17.2 Å². The highest BCUT2D eigenvalue weighted by molar-refractivity contribution is 7.11. The van der Waals surface area contributed by atoms with Crippen molar-refractivity contribution < 1.29 is 4.74 Å². The van der Waals surface area contributed by atoms with Gasteiger partial charge in [-0.1, -0.05) is 11.3 Å². The number of nitrogens with zero attached hydrogens (tertiary/aromatic N) is 1. The fourth-order valence-corrected chi connectivity index (χ4v) is 2.15. The molecule has 13 heavy (non-hydrogen) atoms. The van der Waals surface area contributed by atoms with Crippen molar-refractivity contribution in [2.24, 2.45) is 0 Å². The third-order valence-corrected chi connectivity index (χ3v) is 3.07. The van der Waals surface area contributed by atoms with Crippen molar-refractivity contribution in [3.63, 3.8) is 0 Å². The molecule has 0 aliphatic carbocycles. The van der Waals surface area contributed by atoms with Crippen LogP contribution in [0.1, 0.15) is 19.8 Å². The van der Waals surface area contributed by atoms with E-state index in [-0.39, 0.29) is 5.60 Å². The number of hydrogen-bond acceptors (Lipinski definition) is 4. The van der Waals surface area contributed by atoms with Gasteiger partial charge in [-0.25, -0.2) is 4.98 Å². The number of rotatable bonds is 2. The van der Waals surface area contributed by atoms with Crippen LogP contribution in [0.4, 0.5) is 0 Å². The molecule has 0 bridgehead atoms. The summed E-state index contributed by atoms with van der Waals surface area (Å²) in [4.78, 5) is 4.00. The molecule has 1 aromatic rings. The summed E-state index contributed by atoms with van der Waals surface area (Å²) in [7, 11) is 0. The molecule has 4 heteroatoms. The normalized spacial score (nSPS) is 21.3. The van der Waals surface area contributed by atoms with Crippen LogP contribution in [0.3, 0.4) is 0 Å². The number of ether oxygens (including phenoxy) is 1. The molecule has 0 amide bonds. The van der Waals surface area contributed by atoms with Crippen molar-refractivity contribution in [3.8, 4) is 5.06 Å². The molecule has 1 saturated heterocycles. The first-order valence-corrected chi connectivity index (χ1v) is 5.45. The fourth-order valence-electron chi connectivity index (χ4n) is 1.56. The number of piperidine rings is 1. The van der Waals surface area contributed by atoms with E-state index in [0.29, 0.717) is 0 Å². The Kier molecular flexibility index (Phi) is 2.51. The molecule has 1 aliphatic heterocycles. The van der Waals surface area contributed by atoms with E-state index >= 15 is 0 Å². The van der Waals surface area contributed by atoms with Crippen molar-refractivity contribution >= 4 is 11.3 Å². The first-order valence-electron chi connectivity index (χ1n) is 4.57. The third kappa shape index (κ3) is 2.19. The van der Waals surface area contributed by atoms with Crippen LogP contribution in [-0.2, 0) is 0 Å². The molecule has 72 valence electrons. The zero-order valence-electron chi connectivity index (χ0n) is 7.75. The minimum atomic E-state index is 0.0117. The summed E-state index contributed by atoms with van der Waals surface area (Å²) in [5.74, 6) is 0. The zero-order valence-corrected chi connectivity index (χ0v) is 8.56. The van der Waals surface area contributed by atoms with Crippen LogP contribution in [0.2, 0.25) is 0 Å². The van der Waals surface area contributed by atoms with Gasteiger partial charge < -0.3 is 10.1 Å². The maximum atomic E-state index is 5.90. The zero-order chi connectivity index (χ0) is 9.15. The summed E-state index contributed by atoms with van der Waals surface area (Å²) in [6, 6.07) is 0. The van der Waals surface area contributed by atoms with Gasteiger partial charge in [0.15, 0.2) is 5.06 Å². The molecule has 1 N–H and O–H groups in total. The predicted molar refractivity (Wildman–Crippen MR) is 53.3 cm³/mol. The summed E-state index contributed by atoms with van der Waals surface area (Å²) in [5.41, 5.74) is 1.82. The number of thiazole rings is 1. The van der Waals surface area contributed by atoms with Crippen molar-refractivity contribution in [1.82, 2.24) is 10.3 Å². The minimum Gasteiger partial charge on any atom is -0.476 e. The van der Waals surface area contributed by atoms with Crippen molar-refractivity contribution in [2.75, 3.05) is 13.1 Å². The molecular formula is C9H14N2OS. The number of aromatic nitrogens is 1. The SMILES string of the molecule is CC1(Oc2cncs2)CCNCC1. The van der Waals surface area contributed by atoms with Crippen LogP contribution < -0.4 is 10.1 Å². The van der Waals surface area contributed by atoms with Gasteiger partial charge in [0.2, 0.25) is 0 Å². The van der Waals surface area contributed by atoms with Crippen LogP contribution in [0, 0.1) is 0 Å². The molecule has 0 unspecified atom stereocenters. The van der Waals surface area contributed by atoms with Gasteiger partial charge in [0.25, 0.3) is 0 Å². The van der Waals surface area contributed by atoms with E-state index in [1.165, 1.54) is 0 Å². The monoisotopic (exact) mass is 198 g/mol. The topological polar surface area (TPSA) is 34.1 Å². The smallest absolute Gasteiger partial charge is 0.194 e. The van der Waals surface area contributed by atoms with E-state index in [1.807, 2.05) is 0 Å². The summed E-state index contributed by atoms with van der Waals surface area (Å²) in [5, 5.41) is 4.26. The minimum absolute atomic E-state index is 0.0117. The van der Waals surface area contributed by atoms with Crippen molar-refractivity contribution in [3.05, 3.63) is 11.7 Å². The number of hydrogen-bond donors (Lipinski definition) is 1. The first kappa shape index (κ1) is 8.97. The lowest BCUT2D eigenvalue weighted by Gasteiger charge is -2.33. The molecule has 0 radical (unpaired) electrons. The summed E-state index contributed by atoms with van der Waals surface area (Å²) < 4.78 is 5.90. The molecular weight excluding hydrogens is 184 g/mol. The molecule has 3 nitrogen and oxygen atoms in total. The van der Waals surface area contributed by atoms with Crippen molar-refractivity contribution in [2.45, 2.75) is 25.4 Å². The van der Waals surface area contributed by atoms with Gasteiger partial charge in [0, 0.05) is 0 Å². The average molecular weight is 198 g/mol. The average Bonchev–Trinajstić information content (AvgIpc) is 2.57. The van der Waals surface area contributed by atoms with E-state index in [0.717, 1.165) is 31.0 Å². The third-order valence-electron chi connectivity index (χ3n) is 2.42. The molecule has 2 rings (SSSR count). The van der Waals surface area contributed by atoms with Crippen molar-refractivity contribution in [1.29, 1.82) is 0 Å². The van der Waals surface area contributed by atoms with Gasteiger partial charge in [-0.15, -0.1) is 0 Å². The Labute approximate surface area is 82.1 Å². The molecule has 0 spiro atoms. The summed E-state index contributed by atoms with van der Waals surface area (Å²) >= 11 is 1.56. The largest absolute Gasteiger partial charge is 0.476 e. The lowest BCUT2D eigenvalue weighted by molar-refractivity contribution is 0.0594. The molecule has 0 aromatic carbocycles. The van der Waals surface area contributed by atoms with E-state index in [4.69, 9.17) is 4.74 Å². The Balaban J connectivity index is 1.99. The quantitative estimate of drug-likeness (QED) is 0.785. The Morgan fingerprint density at radius 2 is 2.31 bits per heavy atom. The van der Waals surface area contributed by atoms with Crippen LogP contribution >= 0.6 is 11.3 Å². The molecule has 0 saturated carbocycles. The van der Waals surface area contributed by atoms with E-state index in [1.54, 1.807) is 23.0 Å². The lowest BCUT2D eigenvalue weighted by atomic mass is 9.95. The second kappa shape index (κ2) is 3.64. The second-order valence-electron chi connectivity index (χ2n) is 3.62. The lowest BCUT2D eigenvalue weighted by Crippen LogP contribution is -2.43. The standard InChI is InChI=1S/C9H14N2OS/c1-9(2-4-10-5-3-9)12-8-6-11-7-13-8/h6-7,10H,2-5H2,1H3. The first-order chi connectivity index (χ1) is 6.29. The molecule has 1 fully saturated rings. The van der Waals surface area contributed by atoms with Crippen LogP contribution in [0.5, 0.6) is 5.06 Å². The van der Waals surface area contributed by atoms with Gasteiger partial charge in [-0.05, 0) is 32.9 Å². The van der Waals surface area contributed by atoms with Crippen LogP contribution in [-0.4, -0.2) is 23.7 Å². The maximum Gasteiger partial charge on any atom is 0.194 e. The summed E-state index contributed by atoms with van der Waals surface area (Å²) in [6.45, 7) is 4.28.